The van der Waals surface area contributed by atoms with Crippen LogP contribution in [0.2, 0.25) is 0 Å². The number of nitrogens with one attached hydrogen (secondary N) is 1. The maximum Gasteiger partial charge on any atom is 0.242 e. The lowest BCUT2D eigenvalue weighted by Crippen LogP contribution is -2.37. The van der Waals surface area contributed by atoms with Gasteiger partial charge in [-0.3, -0.25) is 4.57 Å². The number of nitrogens with zero attached hydrogens (tertiary/aromatic N) is 3. The summed E-state index contributed by atoms with van der Waals surface area (Å²) in [5.41, 5.74) is 1.71. The average molecular weight is 250 g/mol. The quantitative estimate of drug-likeness (QED) is 0.831. The van der Waals surface area contributed by atoms with Gasteiger partial charge in [-0.15, -0.1) is 0 Å². The predicted octanol–water partition coefficient (Wildman–Crippen LogP) is 2.40. The van der Waals surface area contributed by atoms with Crippen LogP contribution < -0.4 is 4.74 Å². The Bertz CT molecular complexity index is 626. The number of H-pyrrole nitrogens is 1. The highest BCUT2D eigenvalue weighted by Crippen LogP contribution is 2.41. The van der Waals surface area contributed by atoms with E-state index in [-0.39, 0.29) is 5.54 Å². The summed E-state index contributed by atoms with van der Waals surface area (Å²) in [6.07, 6.45) is 5.04. The van der Waals surface area contributed by atoms with Crippen LogP contribution in [0.15, 0.2) is 6.33 Å². The number of aromatic amines is 1. The van der Waals surface area contributed by atoms with Gasteiger partial charge in [0.05, 0.1) is 7.11 Å². The lowest BCUT2D eigenvalue weighted by Gasteiger charge is -2.39. The van der Waals surface area contributed by atoms with E-state index in [4.69, 9.17) is 17.0 Å². The molecule has 0 saturated heterocycles. The number of ether oxygens (including phenoxy) is 1. The summed E-state index contributed by atoms with van der Waals surface area (Å²) in [7, 11) is 1.60. The van der Waals surface area contributed by atoms with Crippen LogP contribution in [-0.4, -0.2) is 26.6 Å². The van der Waals surface area contributed by atoms with E-state index in [9.17, 15) is 0 Å². The van der Waals surface area contributed by atoms with Gasteiger partial charge in [0.15, 0.2) is 10.4 Å². The van der Waals surface area contributed by atoms with Crippen LogP contribution in [0.5, 0.6) is 5.88 Å². The van der Waals surface area contributed by atoms with Crippen molar-refractivity contribution in [3.63, 3.8) is 0 Å². The van der Waals surface area contributed by atoms with Gasteiger partial charge in [-0.2, -0.15) is 4.98 Å². The lowest BCUT2D eigenvalue weighted by molar-refractivity contribution is 0.171. The average Bonchev–Trinajstić information content (AvgIpc) is 2.62. The smallest absolute Gasteiger partial charge is 0.242 e. The minimum absolute atomic E-state index is 0.0920. The molecule has 2 aromatic heterocycles. The van der Waals surface area contributed by atoms with Crippen LogP contribution in [-0.2, 0) is 5.54 Å². The van der Waals surface area contributed by atoms with E-state index >= 15 is 0 Å². The SMILES string of the molecule is COc1ncnc2c1[nH]c(=S)n2C1(C)CCC1. The molecule has 1 aliphatic carbocycles. The first kappa shape index (κ1) is 10.7. The fourth-order valence-electron chi connectivity index (χ4n) is 2.47. The first-order chi connectivity index (χ1) is 8.15. The molecule has 3 rings (SSSR count). The summed E-state index contributed by atoms with van der Waals surface area (Å²) in [5, 5.41) is 0. The Morgan fingerprint density at radius 1 is 1.47 bits per heavy atom. The van der Waals surface area contributed by atoms with E-state index in [1.807, 2.05) is 0 Å². The van der Waals surface area contributed by atoms with Crippen LogP contribution in [0.4, 0.5) is 0 Å². The van der Waals surface area contributed by atoms with Crippen molar-refractivity contribution in [3.8, 4) is 5.88 Å². The number of rotatable bonds is 2. The molecule has 1 fully saturated rings. The standard InChI is InChI=1S/C11H14N4OS/c1-11(4-3-5-11)15-8-7(14-10(15)17)9(16-2)13-6-12-8/h6H,3-5H2,1-2H3,(H,14,17). The van der Waals surface area contributed by atoms with Gasteiger partial charge in [-0.25, -0.2) is 4.98 Å². The summed E-state index contributed by atoms with van der Waals surface area (Å²) in [5.74, 6) is 0.544. The van der Waals surface area contributed by atoms with Gasteiger partial charge in [0.25, 0.3) is 0 Å². The molecule has 0 unspecified atom stereocenters. The molecule has 90 valence electrons. The van der Waals surface area contributed by atoms with Gasteiger partial charge < -0.3 is 9.72 Å². The van der Waals surface area contributed by atoms with Crippen molar-refractivity contribution in [2.45, 2.75) is 31.7 Å². The third-order valence-electron chi connectivity index (χ3n) is 3.60. The van der Waals surface area contributed by atoms with Gasteiger partial charge in [-0.1, -0.05) is 0 Å². The summed E-state index contributed by atoms with van der Waals surface area (Å²) >= 11 is 5.39. The Kier molecular flexibility index (Phi) is 2.22. The molecular formula is C11H14N4OS. The zero-order chi connectivity index (χ0) is 12.0. The van der Waals surface area contributed by atoms with E-state index in [0.717, 1.165) is 24.0 Å². The molecule has 0 radical (unpaired) electrons. The Morgan fingerprint density at radius 3 is 2.82 bits per heavy atom. The fourth-order valence-corrected chi connectivity index (χ4v) is 2.88. The maximum atomic E-state index is 5.39. The van der Waals surface area contributed by atoms with Crippen molar-refractivity contribution < 1.29 is 4.74 Å². The number of imidazole rings is 1. The Hall–Kier alpha value is -1.43. The molecule has 0 bridgehead atoms. The van der Waals surface area contributed by atoms with Crippen molar-refractivity contribution in [2.75, 3.05) is 7.11 Å². The summed E-state index contributed by atoms with van der Waals surface area (Å²) in [4.78, 5) is 11.6. The van der Waals surface area contributed by atoms with Crippen LogP contribution in [0.1, 0.15) is 26.2 Å². The molecule has 2 heterocycles. The normalized spacial score (nSPS) is 18.0. The zero-order valence-corrected chi connectivity index (χ0v) is 10.7. The molecule has 1 aliphatic rings. The third kappa shape index (κ3) is 1.40. The second-order valence-electron chi connectivity index (χ2n) is 4.70. The molecule has 0 aliphatic heterocycles. The van der Waals surface area contributed by atoms with Crippen molar-refractivity contribution in [1.29, 1.82) is 0 Å². The highest BCUT2D eigenvalue weighted by atomic mass is 32.1. The largest absolute Gasteiger partial charge is 0.479 e. The third-order valence-corrected chi connectivity index (χ3v) is 3.89. The number of hydrogen-bond donors (Lipinski definition) is 1. The van der Waals surface area contributed by atoms with E-state index in [2.05, 4.69) is 26.4 Å². The second kappa shape index (κ2) is 3.53. The predicted molar refractivity (Wildman–Crippen MR) is 66.8 cm³/mol. The molecule has 2 aromatic rings. The van der Waals surface area contributed by atoms with Gasteiger partial charge in [0, 0.05) is 5.54 Å². The topological polar surface area (TPSA) is 55.7 Å². The highest BCUT2D eigenvalue weighted by Gasteiger charge is 2.36. The lowest BCUT2D eigenvalue weighted by atomic mass is 9.78. The van der Waals surface area contributed by atoms with Crippen LogP contribution in [0.3, 0.4) is 0 Å². The zero-order valence-electron chi connectivity index (χ0n) is 9.86. The Morgan fingerprint density at radius 2 is 2.24 bits per heavy atom. The van der Waals surface area contributed by atoms with E-state index in [1.54, 1.807) is 7.11 Å². The van der Waals surface area contributed by atoms with Crippen molar-refractivity contribution >= 4 is 23.4 Å². The van der Waals surface area contributed by atoms with Gasteiger partial charge in [0.1, 0.15) is 11.8 Å². The van der Waals surface area contributed by atoms with Crippen LogP contribution >= 0.6 is 12.2 Å². The summed E-state index contributed by atoms with van der Waals surface area (Å²) in [6.45, 7) is 2.22. The fraction of sp³-hybridized carbons (Fsp3) is 0.545. The Balaban J connectivity index is 2.32. The van der Waals surface area contributed by atoms with Crippen LogP contribution in [0, 0.1) is 4.77 Å². The summed E-state index contributed by atoms with van der Waals surface area (Å²) < 4.78 is 8.02. The van der Waals surface area contributed by atoms with E-state index < -0.39 is 0 Å². The molecule has 1 N–H and O–H groups in total. The number of fused-ring (bicyclic) bond motifs is 1. The van der Waals surface area contributed by atoms with Crippen molar-refractivity contribution in [2.24, 2.45) is 0 Å². The van der Waals surface area contributed by atoms with Gasteiger partial charge in [0.2, 0.25) is 5.88 Å². The van der Waals surface area contributed by atoms with Gasteiger partial charge in [-0.05, 0) is 38.4 Å². The molecule has 0 amide bonds. The molecule has 17 heavy (non-hydrogen) atoms. The first-order valence-electron chi connectivity index (χ1n) is 5.66. The number of aromatic nitrogens is 4. The molecule has 0 aromatic carbocycles. The number of methoxy groups -OCH3 is 1. The highest BCUT2D eigenvalue weighted by molar-refractivity contribution is 7.71. The van der Waals surface area contributed by atoms with E-state index in [0.29, 0.717) is 10.7 Å². The van der Waals surface area contributed by atoms with Crippen molar-refractivity contribution in [1.82, 2.24) is 19.5 Å². The first-order valence-corrected chi connectivity index (χ1v) is 6.07. The molecule has 1 saturated carbocycles. The Labute approximate surface area is 104 Å². The minimum Gasteiger partial charge on any atom is -0.479 e. The second-order valence-corrected chi connectivity index (χ2v) is 5.08. The number of hydrogen-bond acceptors (Lipinski definition) is 4. The van der Waals surface area contributed by atoms with Crippen LogP contribution in [0.25, 0.3) is 11.2 Å². The van der Waals surface area contributed by atoms with E-state index in [1.165, 1.54) is 12.7 Å². The monoisotopic (exact) mass is 250 g/mol. The molecule has 6 heteroatoms. The maximum absolute atomic E-state index is 5.39. The molecule has 0 spiro atoms. The minimum atomic E-state index is 0.0920. The van der Waals surface area contributed by atoms with Gasteiger partial charge >= 0.3 is 0 Å². The molecule has 5 nitrogen and oxygen atoms in total. The molecular weight excluding hydrogens is 236 g/mol. The van der Waals surface area contributed by atoms with Crippen molar-refractivity contribution in [3.05, 3.63) is 11.1 Å². The summed E-state index contributed by atoms with van der Waals surface area (Å²) in [6, 6.07) is 0. The molecule has 0 atom stereocenters.